The van der Waals surface area contributed by atoms with E-state index < -0.39 is 0 Å². The van der Waals surface area contributed by atoms with Crippen LogP contribution in [0.4, 0.5) is 5.69 Å². The first kappa shape index (κ1) is 12.1. The molecule has 17 heavy (non-hydrogen) atoms. The van der Waals surface area contributed by atoms with Crippen LogP contribution in [0.5, 0.6) is 6.01 Å². The van der Waals surface area contributed by atoms with Gasteiger partial charge >= 0.3 is 6.01 Å². The molecule has 0 radical (unpaired) electrons. The van der Waals surface area contributed by atoms with Gasteiger partial charge in [0.05, 0.1) is 24.7 Å². The summed E-state index contributed by atoms with van der Waals surface area (Å²) in [5.74, 6) is 0.741. The maximum Gasteiger partial charge on any atom is 0.316 e. The maximum atomic E-state index is 5.51. The Bertz CT molecular complexity index is 335. The van der Waals surface area contributed by atoms with Crippen LogP contribution >= 0.6 is 0 Å². The standard InChI is InChI=1S/C13H21N3O/c1-3-4-7-16(2)12-8-14-13(15-9-12)17-10-11-5-6-11/h8-9,11H,3-7,10H2,1-2H3. The Hall–Kier alpha value is -1.32. The molecule has 0 amide bonds. The minimum absolute atomic E-state index is 0.504. The molecule has 0 bridgehead atoms. The van der Waals surface area contributed by atoms with Crippen molar-refractivity contribution in [3.05, 3.63) is 12.4 Å². The van der Waals surface area contributed by atoms with Gasteiger partial charge in [-0.2, -0.15) is 0 Å². The Morgan fingerprint density at radius 3 is 2.65 bits per heavy atom. The summed E-state index contributed by atoms with van der Waals surface area (Å²) in [5.41, 5.74) is 1.05. The van der Waals surface area contributed by atoms with Crippen LogP contribution in [-0.2, 0) is 0 Å². The number of ether oxygens (including phenoxy) is 1. The molecule has 4 heteroatoms. The summed E-state index contributed by atoms with van der Waals surface area (Å²) in [4.78, 5) is 10.6. The first-order chi connectivity index (χ1) is 8.29. The summed E-state index contributed by atoms with van der Waals surface area (Å²) in [7, 11) is 2.07. The van der Waals surface area contributed by atoms with Crippen LogP contribution in [0, 0.1) is 5.92 Å². The summed E-state index contributed by atoms with van der Waals surface area (Å²) in [6.07, 6.45) is 8.65. The molecule has 1 aliphatic carbocycles. The van der Waals surface area contributed by atoms with E-state index >= 15 is 0 Å². The molecule has 0 saturated heterocycles. The number of nitrogens with zero attached hydrogens (tertiary/aromatic N) is 3. The number of anilines is 1. The Balaban J connectivity index is 1.82. The van der Waals surface area contributed by atoms with E-state index in [9.17, 15) is 0 Å². The third-order valence-electron chi connectivity index (χ3n) is 3.05. The largest absolute Gasteiger partial charge is 0.463 e. The molecule has 0 N–H and O–H groups in total. The number of rotatable bonds is 7. The maximum absolute atomic E-state index is 5.51. The fraction of sp³-hybridized carbons (Fsp3) is 0.692. The SMILES string of the molecule is CCCCN(C)c1cnc(OCC2CC2)nc1. The van der Waals surface area contributed by atoms with Gasteiger partial charge in [0, 0.05) is 13.6 Å². The third-order valence-corrected chi connectivity index (χ3v) is 3.05. The second-order valence-corrected chi connectivity index (χ2v) is 4.75. The van der Waals surface area contributed by atoms with Gasteiger partial charge in [0.15, 0.2) is 0 Å². The van der Waals surface area contributed by atoms with Crippen molar-refractivity contribution in [1.82, 2.24) is 9.97 Å². The van der Waals surface area contributed by atoms with Crippen LogP contribution in [0.25, 0.3) is 0 Å². The number of hydrogen-bond acceptors (Lipinski definition) is 4. The van der Waals surface area contributed by atoms with Crippen LogP contribution in [-0.4, -0.2) is 30.2 Å². The molecule has 1 aromatic heterocycles. The minimum Gasteiger partial charge on any atom is -0.463 e. The zero-order chi connectivity index (χ0) is 12.1. The van der Waals surface area contributed by atoms with Gasteiger partial charge in [-0.3, -0.25) is 0 Å². The summed E-state index contributed by atoms with van der Waals surface area (Å²) in [6, 6.07) is 0.504. The molecule has 1 aromatic rings. The molecule has 0 atom stereocenters. The van der Waals surface area contributed by atoms with E-state index in [2.05, 4.69) is 28.8 Å². The molecule has 4 nitrogen and oxygen atoms in total. The molecule has 94 valence electrons. The Labute approximate surface area is 103 Å². The summed E-state index contributed by atoms with van der Waals surface area (Å²) in [5, 5.41) is 0. The monoisotopic (exact) mass is 235 g/mol. The molecule has 1 heterocycles. The van der Waals surface area contributed by atoms with E-state index in [-0.39, 0.29) is 0 Å². The van der Waals surface area contributed by atoms with Gasteiger partial charge in [-0.1, -0.05) is 13.3 Å². The highest BCUT2D eigenvalue weighted by Crippen LogP contribution is 2.28. The van der Waals surface area contributed by atoms with Crippen molar-refractivity contribution < 1.29 is 4.74 Å². The van der Waals surface area contributed by atoms with Crippen LogP contribution in [0.3, 0.4) is 0 Å². The van der Waals surface area contributed by atoms with E-state index in [1.807, 2.05) is 12.4 Å². The van der Waals surface area contributed by atoms with Crippen molar-refractivity contribution in [2.45, 2.75) is 32.6 Å². The van der Waals surface area contributed by atoms with Gasteiger partial charge in [-0.25, -0.2) is 9.97 Å². The van der Waals surface area contributed by atoms with Crippen molar-refractivity contribution in [1.29, 1.82) is 0 Å². The molecule has 1 fully saturated rings. The third kappa shape index (κ3) is 3.88. The van der Waals surface area contributed by atoms with E-state index in [4.69, 9.17) is 4.74 Å². The predicted molar refractivity (Wildman–Crippen MR) is 68.4 cm³/mol. The minimum atomic E-state index is 0.504. The average molecular weight is 235 g/mol. The normalized spacial score (nSPS) is 14.7. The van der Waals surface area contributed by atoms with Crippen LogP contribution < -0.4 is 9.64 Å². The zero-order valence-electron chi connectivity index (χ0n) is 10.7. The highest BCUT2D eigenvalue weighted by Gasteiger charge is 2.22. The average Bonchev–Trinajstić information content (AvgIpc) is 3.18. The quantitative estimate of drug-likeness (QED) is 0.728. The van der Waals surface area contributed by atoms with Crippen molar-refractivity contribution in [2.75, 3.05) is 25.1 Å². The Morgan fingerprint density at radius 2 is 2.06 bits per heavy atom. The summed E-state index contributed by atoms with van der Waals surface area (Å²) in [6.45, 7) is 4.01. The van der Waals surface area contributed by atoms with E-state index in [1.165, 1.54) is 25.7 Å². The van der Waals surface area contributed by atoms with Crippen LogP contribution in [0.2, 0.25) is 0 Å². The number of aromatic nitrogens is 2. The molecule has 0 unspecified atom stereocenters. The van der Waals surface area contributed by atoms with E-state index in [0.29, 0.717) is 6.01 Å². The fourth-order valence-corrected chi connectivity index (χ4v) is 1.58. The van der Waals surface area contributed by atoms with Crippen molar-refractivity contribution >= 4 is 5.69 Å². The van der Waals surface area contributed by atoms with Gasteiger partial charge < -0.3 is 9.64 Å². The lowest BCUT2D eigenvalue weighted by Crippen LogP contribution is -2.18. The van der Waals surface area contributed by atoms with E-state index in [0.717, 1.165) is 24.8 Å². The lowest BCUT2D eigenvalue weighted by atomic mass is 10.3. The fourth-order valence-electron chi connectivity index (χ4n) is 1.58. The molecular weight excluding hydrogens is 214 g/mol. The Morgan fingerprint density at radius 1 is 1.35 bits per heavy atom. The molecule has 0 aliphatic heterocycles. The summed E-state index contributed by atoms with van der Waals surface area (Å²) >= 11 is 0. The van der Waals surface area contributed by atoms with Gasteiger partial charge in [0.25, 0.3) is 0 Å². The highest BCUT2D eigenvalue weighted by molar-refractivity contribution is 5.41. The molecule has 1 aliphatic rings. The van der Waals surface area contributed by atoms with Gasteiger partial charge in [0.2, 0.25) is 0 Å². The Kier molecular flexibility index (Phi) is 4.18. The van der Waals surface area contributed by atoms with Crippen LogP contribution in [0.1, 0.15) is 32.6 Å². The number of hydrogen-bond donors (Lipinski definition) is 0. The second-order valence-electron chi connectivity index (χ2n) is 4.75. The molecule has 2 rings (SSSR count). The van der Waals surface area contributed by atoms with E-state index in [1.54, 1.807) is 0 Å². The van der Waals surface area contributed by atoms with Crippen LogP contribution in [0.15, 0.2) is 12.4 Å². The molecule has 0 aromatic carbocycles. The van der Waals surface area contributed by atoms with Gasteiger partial charge in [0.1, 0.15) is 0 Å². The lowest BCUT2D eigenvalue weighted by molar-refractivity contribution is 0.276. The lowest BCUT2D eigenvalue weighted by Gasteiger charge is -2.17. The molecular formula is C13H21N3O. The topological polar surface area (TPSA) is 38.2 Å². The molecule has 1 saturated carbocycles. The van der Waals surface area contributed by atoms with Crippen molar-refractivity contribution in [3.63, 3.8) is 0 Å². The molecule has 0 spiro atoms. The predicted octanol–water partition coefficient (Wildman–Crippen LogP) is 2.50. The smallest absolute Gasteiger partial charge is 0.316 e. The summed E-state index contributed by atoms with van der Waals surface area (Å²) < 4.78 is 5.51. The highest BCUT2D eigenvalue weighted by atomic mass is 16.5. The van der Waals surface area contributed by atoms with Gasteiger partial charge in [-0.05, 0) is 25.2 Å². The van der Waals surface area contributed by atoms with Gasteiger partial charge in [-0.15, -0.1) is 0 Å². The zero-order valence-corrected chi connectivity index (χ0v) is 10.7. The number of unbranched alkanes of at least 4 members (excludes halogenated alkanes) is 1. The first-order valence-electron chi connectivity index (χ1n) is 6.45. The van der Waals surface area contributed by atoms with Crippen molar-refractivity contribution in [2.24, 2.45) is 5.92 Å². The second kappa shape index (κ2) is 5.84. The van der Waals surface area contributed by atoms with Crippen molar-refractivity contribution in [3.8, 4) is 6.01 Å². The first-order valence-corrected chi connectivity index (χ1v) is 6.45.